The zero-order valence-corrected chi connectivity index (χ0v) is 10.8. The Morgan fingerprint density at radius 3 is 2.75 bits per heavy atom. The fraction of sp³-hybridized carbons (Fsp3) is 0.167. The maximum absolute atomic E-state index is 4.39. The molecule has 3 aromatic rings. The van der Waals surface area contributed by atoms with Crippen LogP contribution in [0.15, 0.2) is 37.3 Å². The summed E-state index contributed by atoms with van der Waals surface area (Å²) in [5, 5.41) is 3.08. The second-order valence-corrected chi connectivity index (χ2v) is 3.87. The van der Waals surface area contributed by atoms with E-state index >= 15 is 0 Å². The lowest BCUT2D eigenvalue weighted by atomic mass is 10.4. The van der Waals surface area contributed by atoms with Crippen LogP contribution >= 0.6 is 0 Å². The van der Waals surface area contributed by atoms with Gasteiger partial charge in [-0.3, -0.25) is 9.55 Å². The Morgan fingerprint density at radius 2 is 2.05 bits per heavy atom. The first kappa shape index (κ1) is 12.2. The molecule has 8 heteroatoms. The van der Waals surface area contributed by atoms with Crippen molar-refractivity contribution in [3.05, 3.63) is 37.3 Å². The van der Waals surface area contributed by atoms with Crippen molar-refractivity contribution < 1.29 is 0 Å². The molecule has 0 radical (unpaired) electrons. The minimum absolute atomic E-state index is 0.466. The lowest BCUT2D eigenvalue weighted by molar-refractivity contribution is 0.892. The molecule has 20 heavy (non-hydrogen) atoms. The van der Waals surface area contributed by atoms with Crippen LogP contribution in [0.2, 0.25) is 0 Å². The Labute approximate surface area is 115 Å². The van der Waals surface area contributed by atoms with E-state index in [1.54, 1.807) is 41.9 Å². The van der Waals surface area contributed by atoms with Gasteiger partial charge in [0.15, 0.2) is 5.82 Å². The predicted molar refractivity (Wildman–Crippen MR) is 72.1 cm³/mol. The van der Waals surface area contributed by atoms with Gasteiger partial charge in [-0.15, -0.1) is 0 Å². The SMILES string of the molecule is CCNc1nc(-c2cnccn2)nc(-n2ccnc2)n1. The molecule has 0 aromatic carbocycles. The first-order chi connectivity index (χ1) is 9.86. The van der Waals surface area contributed by atoms with Crippen molar-refractivity contribution in [3.8, 4) is 17.5 Å². The van der Waals surface area contributed by atoms with E-state index < -0.39 is 0 Å². The molecule has 0 fully saturated rings. The smallest absolute Gasteiger partial charge is 0.240 e. The number of imidazole rings is 1. The van der Waals surface area contributed by atoms with E-state index in [2.05, 4.69) is 35.2 Å². The average molecular weight is 268 g/mol. The van der Waals surface area contributed by atoms with Crippen molar-refractivity contribution >= 4 is 5.95 Å². The molecule has 0 spiro atoms. The molecule has 0 saturated heterocycles. The molecule has 1 N–H and O–H groups in total. The first-order valence-electron chi connectivity index (χ1n) is 6.11. The lowest BCUT2D eigenvalue weighted by Gasteiger charge is -2.07. The van der Waals surface area contributed by atoms with E-state index in [4.69, 9.17) is 0 Å². The number of anilines is 1. The minimum atomic E-state index is 0.466. The van der Waals surface area contributed by atoms with E-state index in [1.807, 2.05) is 6.92 Å². The van der Waals surface area contributed by atoms with Crippen molar-refractivity contribution in [2.24, 2.45) is 0 Å². The molecule has 100 valence electrons. The molecule has 0 aliphatic heterocycles. The van der Waals surface area contributed by atoms with E-state index in [-0.39, 0.29) is 0 Å². The first-order valence-corrected chi connectivity index (χ1v) is 6.11. The van der Waals surface area contributed by atoms with Crippen LogP contribution in [-0.4, -0.2) is 41.0 Å². The van der Waals surface area contributed by atoms with Gasteiger partial charge in [0.1, 0.15) is 12.0 Å². The van der Waals surface area contributed by atoms with Gasteiger partial charge in [0.05, 0.1) is 6.20 Å². The highest BCUT2D eigenvalue weighted by atomic mass is 15.2. The van der Waals surface area contributed by atoms with Gasteiger partial charge >= 0.3 is 0 Å². The summed E-state index contributed by atoms with van der Waals surface area (Å²) in [6.07, 6.45) is 9.88. The molecule has 3 heterocycles. The summed E-state index contributed by atoms with van der Waals surface area (Å²) in [5.41, 5.74) is 0.593. The summed E-state index contributed by atoms with van der Waals surface area (Å²) in [7, 11) is 0. The fourth-order valence-electron chi connectivity index (χ4n) is 1.62. The Kier molecular flexibility index (Phi) is 3.27. The molecule has 0 saturated carbocycles. The molecule has 0 aliphatic rings. The monoisotopic (exact) mass is 268 g/mol. The Morgan fingerprint density at radius 1 is 1.10 bits per heavy atom. The summed E-state index contributed by atoms with van der Waals surface area (Å²) in [6, 6.07) is 0. The van der Waals surface area contributed by atoms with E-state index in [0.29, 0.717) is 30.0 Å². The quantitative estimate of drug-likeness (QED) is 0.752. The highest BCUT2D eigenvalue weighted by Gasteiger charge is 2.10. The molecule has 0 aliphatic carbocycles. The third kappa shape index (κ3) is 2.44. The summed E-state index contributed by atoms with van der Waals surface area (Å²) < 4.78 is 1.71. The summed E-state index contributed by atoms with van der Waals surface area (Å²) >= 11 is 0. The van der Waals surface area contributed by atoms with Crippen molar-refractivity contribution in [2.45, 2.75) is 6.92 Å². The maximum atomic E-state index is 4.39. The van der Waals surface area contributed by atoms with Crippen LogP contribution < -0.4 is 5.32 Å². The van der Waals surface area contributed by atoms with Crippen LogP contribution in [0.4, 0.5) is 5.95 Å². The van der Waals surface area contributed by atoms with Gasteiger partial charge in [-0.05, 0) is 6.92 Å². The van der Waals surface area contributed by atoms with Crippen molar-refractivity contribution in [1.29, 1.82) is 0 Å². The zero-order valence-electron chi connectivity index (χ0n) is 10.8. The van der Waals surface area contributed by atoms with Crippen LogP contribution in [0, 0.1) is 0 Å². The minimum Gasteiger partial charge on any atom is -0.354 e. The van der Waals surface area contributed by atoms with Crippen molar-refractivity contribution in [3.63, 3.8) is 0 Å². The summed E-state index contributed by atoms with van der Waals surface area (Å²) in [4.78, 5) is 25.3. The summed E-state index contributed by atoms with van der Waals surface area (Å²) in [6.45, 7) is 2.69. The Balaban J connectivity index is 2.10. The molecule has 3 rings (SSSR count). The second-order valence-electron chi connectivity index (χ2n) is 3.87. The number of rotatable bonds is 4. The van der Waals surface area contributed by atoms with Crippen molar-refractivity contribution in [1.82, 2.24) is 34.5 Å². The third-order valence-corrected chi connectivity index (χ3v) is 2.49. The lowest BCUT2D eigenvalue weighted by Crippen LogP contribution is -2.09. The fourth-order valence-corrected chi connectivity index (χ4v) is 1.62. The van der Waals surface area contributed by atoms with Crippen molar-refractivity contribution in [2.75, 3.05) is 11.9 Å². The molecular weight excluding hydrogens is 256 g/mol. The number of nitrogens with zero attached hydrogens (tertiary/aromatic N) is 7. The van der Waals surface area contributed by atoms with Crippen LogP contribution in [0.25, 0.3) is 17.5 Å². The normalized spacial score (nSPS) is 10.4. The highest BCUT2D eigenvalue weighted by Crippen LogP contribution is 2.14. The summed E-state index contributed by atoms with van der Waals surface area (Å²) in [5.74, 6) is 1.44. The zero-order chi connectivity index (χ0) is 13.8. The van der Waals surface area contributed by atoms with E-state index in [1.165, 1.54) is 0 Å². The largest absolute Gasteiger partial charge is 0.354 e. The van der Waals surface area contributed by atoms with E-state index in [9.17, 15) is 0 Å². The predicted octanol–water partition coefficient (Wildman–Crippen LogP) is 0.946. The number of hydrogen-bond acceptors (Lipinski definition) is 7. The second kappa shape index (κ2) is 5.39. The van der Waals surface area contributed by atoms with Gasteiger partial charge in [0.25, 0.3) is 0 Å². The van der Waals surface area contributed by atoms with Crippen LogP contribution in [0.3, 0.4) is 0 Å². The maximum Gasteiger partial charge on any atom is 0.240 e. The Hall–Kier alpha value is -2.90. The van der Waals surface area contributed by atoms with Gasteiger partial charge in [-0.2, -0.15) is 15.0 Å². The highest BCUT2D eigenvalue weighted by molar-refractivity contribution is 5.50. The number of nitrogens with one attached hydrogen (secondary N) is 1. The molecule has 0 amide bonds. The topological polar surface area (TPSA) is 94.3 Å². The molecule has 0 atom stereocenters. The van der Waals surface area contributed by atoms with Crippen LogP contribution in [0.1, 0.15) is 6.92 Å². The van der Waals surface area contributed by atoms with E-state index in [0.717, 1.165) is 0 Å². The molecule has 0 unspecified atom stereocenters. The van der Waals surface area contributed by atoms with Gasteiger partial charge in [0, 0.05) is 31.3 Å². The van der Waals surface area contributed by atoms with Gasteiger partial charge in [-0.1, -0.05) is 0 Å². The van der Waals surface area contributed by atoms with Gasteiger partial charge in [0.2, 0.25) is 11.9 Å². The molecular formula is C12H12N8. The van der Waals surface area contributed by atoms with Crippen LogP contribution in [-0.2, 0) is 0 Å². The third-order valence-electron chi connectivity index (χ3n) is 2.49. The molecule has 8 nitrogen and oxygen atoms in total. The standard InChI is InChI=1S/C12H12N8/c1-2-15-11-17-10(9-7-13-3-4-16-9)18-12(19-11)20-6-5-14-8-20/h3-8H,2H2,1H3,(H,15,17,18,19). The van der Waals surface area contributed by atoms with Gasteiger partial charge < -0.3 is 5.32 Å². The number of aromatic nitrogens is 7. The molecule has 0 bridgehead atoms. The Bertz CT molecular complexity index is 680. The van der Waals surface area contributed by atoms with Crippen LogP contribution in [0.5, 0.6) is 0 Å². The molecule has 3 aromatic heterocycles. The van der Waals surface area contributed by atoms with Gasteiger partial charge in [-0.25, -0.2) is 9.97 Å². The number of hydrogen-bond donors (Lipinski definition) is 1. The average Bonchev–Trinajstić information content (AvgIpc) is 3.02.